The molecule has 0 N–H and O–H groups in total. The average Bonchev–Trinajstić information content (AvgIpc) is 3.00. The number of carbonyl (C=O) groups excluding carboxylic acids is 2. The molecule has 148 valence electrons. The van der Waals surface area contributed by atoms with Crippen LogP contribution in [0.25, 0.3) is 6.08 Å². The normalized spacial score (nSPS) is 17.0. The lowest BCUT2D eigenvalue weighted by Gasteiger charge is -2.21. The van der Waals surface area contributed by atoms with Gasteiger partial charge in [-0.05, 0) is 24.3 Å². The molecular formula is C20H14NO6S2-. The number of ether oxygens (including phenoxy) is 3. The molecule has 7 nitrogen and oxygen atoms in total. The Bertz CT molecular complexity index is 1040. The van der Waals surface area contributed by atoms with Crippen LogP contribution >= 0.6 is 24.0 Å². The summed E-state index contributed by atoms with van der Waals surface area (Å²) in [7, 11) is 0. The fraction of sp³-hybridized carbons (Fsp3) is 0.150. The smallest absolute Gasteiger partial charge is 0.270 e. The number of hydrogen-bond acceptors (Lipinski definition) is 8. The number of fused-ring (bicyclic) bond motifs is 1. The van der Waals surface area contributed by atoms with Crippen LogP contribution in [0.3, 0.4) is 0 Å². The maximum absolute atomic E-state index is 13.0. The molecule has 9 heteroatoms. The van der Waals surface area contributed by atoms with Crippen LogP contribution in [0.5, 0.6) is 17.2 Å². The van der Waals surface area contributed by atoms with Gasteiger partial charge in [-0.15, -0.1) is 0 Å². The molecule has 0 saturated carbocycles. The predicted molar refractivity (Wildman–Crippen MR) is 110 cm³/mol. The highest BCUT2D eigenvalue weighted by atomic mass is 32.2. The van der Waals surface area contributed by atoms with Crippen LogP contribution in [-0.4, -0.2) is 36.0 Å². The number of carboxylic acids is 1. The lowest BCUT2D eigenvalue weighted by Crippen LogP contribution is -2.29. The number of hydrogen-bond donors (Lipinski definition) is 0. The molecule has 0 aromatic heterocycles. The first kappa shape index (κ1) is 19.3. The Balaban J connectivity index is 1.61. The Labute approximate surface area is 175 Å². The van der Waals surface area contributed by atoms with Gasteiger partial charge >= 0.3 is 0 Å². The molecule has 29 heavy (non-hydrogen) atoms. The molecule has 2 heterocycles. The Morgan fingerprint density at radius 1 is 1.21 bits per heavy atom. The first-order valence-corrected chi connectivity index (χ1v) is 9.84. The molecule has 2 aromatic carbocycles. The number of nitrogens with zero attached hydrogens (tertiary/aromatic N) is 1. The second kappa shape index (κ2) is 8.14. The third-order valence-corrected chi connectivity index (χ3v) is 5.43. The van der Waals surface area contributed by atoms with Crippen molar-refractivity contribution in [2.45, 2.75) is 0 Å². The van der Waals surface area contributed by atoms with Crippen LogP contribution in [0.2, 0.25) is 0 Å². The second-order valence-electron chi connectivity index (χ2n) is 6.04. The standard InChI is InChI=1S/C20H15NO6S2/c22-18(23)11-27-14-4-2-1-3-12(14)9-17-19(24)21(20(28)29-17)13-5-6-15-16(10-13)26-8-7-25-15/h1-6,9-10H,7-8,11H2,(H,22,23)/p-1/b17-9-. The highest BCUT2D eigenvalue weighted by molar-refractivity contribution is 8.27. The van der Waals surface area contributed by atoms with E-state index in [0.717, 1.165) is 11.8 Å². The third kappa shape index (κ3) is 4.06. The third-order valence-electron chi connectivity index (χ3n) is 4.13. The second-order valence-corrected chi connectivity index (χ2v) is 7.72. The van der Waals surface area contributed by atoms with E-state index in [1.54, 1.807) is 48.5 Å². The van der Waals surface area contributed by atoms with Gasteiger partial charge in [0.15, 0.2) is 15.8 Å². The van der Waals surface area contributed by atoms with E-state index in [-0.39, 0.29) is 5.91 Å². The molecule has 0 bridgehead atoms. The van der Waals surface area contributed by atoms with Gasteiger partial charge in [0.1, 0.15) is 25.6 Å². The van der Waals surface area contributed by atoms with Crippen molar-refractivity contribution in [3.63, 3.8) is 0 Å². The molecule has 2 aromatic rings. The van der Waals surface area contributed by atoms with Crippen molar-refractivity contribution < 1.29 is 28.9 Å². The van der Waals surface area contributed by atoms with E-state index in [2.05, 4.69) is 0 Å². The highest BCUT2D eigenvalue weighted by Crippen LogP contribution is 2.40. The largest absolute Gasteiger partial charge is 0.546 e. The average molecular weight is 428 g/mol. The quantitative estimate of drug-likeness (QED) is 0.528. The first-order chi connectivity index (χ1) is 14.0. The number of aliphatic carboxylic acids is 1. The van der Waals surface area contributed by atoms with Gasteiger partial charge in [-0.2, -0.15) is 0 Å². The summed E-state index contributed by atoms with van der Waals surface area (Å²) in [5, 5.41) is 10.7. The van der Waals surface area contributed by atoms with Crippen LogP contribution in [0.15, 0.2) is 47.4 Å². The van der Waals surface area contributed by atoms with Crippen molar-refractivity contribution in [3.05, 3.63) is 52.9 Å². The number of rotatable bonds is 5. The van der Waals surface area contributed by atoms with Gasteiger partial charge in [0, 0.05) is 11.6 Å². The molecule has 0 spiro atoms. The lowest BCUT2D eigenvalue weighted by molar-refractivity contribution is -0.307. The van der Waals surface area contributed by atoms with Gasteiger partial charge in [-0.1, -0.05) is 42.2 Å². The Morgan fingerprint density at radius 2 is 1.97 bits per heavy atom. The maximum Gasteiger partial charge on any atom is 0.270 e. The predicted octanol–water partition coefficient (Wildman–Crippen LogP) is 1.99. The van der Waals surface area contributed by atoms with Crippen LogP contribution in [0, 0.1) is 0 Å². The zero-order chi connectivity index (χ0) is 20.4. The minimum atomic E-state index is -1.33. The van der Waals surface area contributed by atoms with E-state index in [9.17, 15) is 14.7 Å². The SMILES string of the molecule is O=C([O-])COc1ccccc1/C=C1\SC(=S)N(c2ccc3c(c2)OCCO3)C1=O. The van der Waals surface area contributed by atoms with E-state index in [1.165, 1.54) is 4.90 Å². The molecule has 0 aliphatic carbocycles. The summed E-state index contributed by atoms with van der Waals surface area (Å²) in [5.74, 6) is -0.0924. The summed E-state index contributed by atoms with van der Waals surface area (Å²) in [6.07, 6.45) is 1.63. The van der Waals surface area contributed by atoms with E-state index < -0.39 is 12.6 Å². The highest BCUT2D eigenvalue weighted by Gasteiger charge is 2.34. The number of carboxylic acid groups (broad SMARTS) is 1. The fourth-order valence-corrected chi connectivity index (χ4v) is 4.16. The van der Waals surface area contributed by atoms with Crippen molar-refractivity contribution in [2.24, 2.45) is 0 Å². The number of amides is 1. The van der Waals surface area contributed by atoms with Crippen molar-refractivity contribution in [1.82, 2.24) is 0 Å². The van der Waals surface area contributed by atoms with Crippen LogP contribution in [0.1, 0.15) is 5.56 Å². The molecule has 4 rings (SSSR count). The Morgan fingerprint density at radius 3 is 2.76 bits per heavy atom. The molecule has 0 atom stereocenters. The minimum absolute atomic E-state index is 0.286. The zero-order valence-corrected chi connectivity index (χ0v) is 16.6. The van der Waals surface area contributed by atoms with Crippen LogP contribution in [-0.2, 0) is 9.59 Å². The Kier molecular flexibility index (Phi) is 5.41. The first-order valence-electron chi connectivity index (χ1n) is 8.62. The molecule has 2 aliphatic rings. The Hall–Kier alpha value is -3.04. The van der Waals surface area contributed by atoms with Crippen molar-refractivity contribution >= 4 is 51.9 Å². The molecule has 1 fully saturated rings. The monoisotopic (exact) mass is 428 g/mol. The number of benzene rings is 2. The van der Waals surface area contributed by atoms with E-state index >= 15 is 0 Å². The molecule has 1 saturated heterocycles. The molecule has 1 amide bonds. The van der Waals surface area contributed by atoms with Gasteiger partial charge < -0.3 is 24.1 Å². The number of anilines is 1. The summed E-state index contributed by atoms with van der Waals surface area (Å²) in [4.78, 5) is 25.5. The number of thiocarbonyl (C=S) groups is 1. The molecule has 0 unspecified atom stereocenters. The van der Waals surface area contributed by atoms with Gasteiger partial charge in [-0.25, -0.2) is 0 Å². The van der Waals surface area contributed by atoms with E-state index in [0.29, 0.717) is 50.9 Å². The summed E-state index contributed by atoms with van der Waals surface area (Å²) < 4.78 is 16.7. The number of para-hydroxylation sites is 1. The van der Waals surface area contributed by atoms with Crippen LogP contribution in [0.4, 0.5) is 5.69 Å². The number of carbonyl (C=O) groups is 2. The van der Waals surface area contributed by atoms with Gasteiger partial charge in [0.05, 0.1) is 16.6 Å². The van der Waals surface area contributed by atoms with E-state index in [4.69, 9.17) is 26.4 Å². The maximum atomic E-state index is 13.0. The van der Waals surface area contributed by atoms with Crippen molar-refractivity contribution in [2.75, 3.05) is 24.7 Å². The van der Waals surface area contributed by atoms with Gasteiger partial charge in [0.25, 0.3) is 5.91 Å². The summed E-state index contributed by atoms with van der Waals surface area (Å²) in [6.45, 7) is 0.343. The lowest BCUT2D eigenvalue weighted by atomic mass is 10.2. The summed E-state index contributed by atoms with van der Waals surface area (Å²) in [6, 6.07) is 12.0. The van der Waals surface area contributed by atoms with Crippen LogP contribution < -0.4 is 24.2 Å². The topological polar surface area (TPSA) is 88.1 Å². The number of thioether (sulfide) groups is 1. The van der Waals surface area contributed by atoms with Crippen molar-refractivity contribution in [1.29, 1.82) is 0 Å². The van der Waals surface area contributed by atoms with Crippen molar-refractivity contribution in [3.8, 4) is 17.2 Å². The fourth-order valence-electron chi connectivity index (χ4n) is 2.87. The molecule has 0 radical (unpaired) electrons. The summed E-state index contributed by atoms with van der Waals surface area (Å²) >= 11 is 6.56. The molecule has 2 aliphatic heterocycles. The summed E-state index contributed by atoms with van der Waals surface area (Å²) in [5.41, 5.74) is 1.15. The molecular weight excluding hydrogens is 414 g/mol. The van der Waals surface area contributed by atoms with Gasteiger partial charge in [-0.3, -0.25) is 9.69 Å². The minimum Gasteiger partial charge on any atom is -0.546 e. The van der Waals surface area contributed by atoms with Gasteiger partial charge in [0.2, 0.25) is 0 Å². The zero-order valence-electron chi connectivity index (χ0n) is 15.0. The van der Waals surface area contributed by atoms with E-state index in [1.807, 2.05) is 0 Å².